The highest BCUT2D eigenvalue weighted by atomic mass is 35.5. The van der Waals surface area contributed by atoms with E-state index in [1.165, 1.54) is 6.92 Å². The topological polar surface area (TPSA) is 125 Å². The number of hydrogen-bond acceptors (Lipinski definition) is 5. The zero-order chi connectivity index (χ0) is 28.8. The van der Waals surface area contributed by atoms with Crippen LogP contribution in [0.2, 0.25) is 28.2 Å². The summed E-state index contributed by atoms with van der Waals surface area (Å²) in [6.07, 6.45) is 0.0407. The van der Waals surface area contributed by atoms with E-state index in [0.717, 1.165) is 11.3 Å². The molecule has 2 unspecified atom stereocenters. The molecule has 11 heteroatoms. The molecule has 0 saturated carbocycles. The lowest BCUT2D eigenvalue weighted by molar-refractivity contribution is -0.139. The maximum absolute atomic E-state index is 12.7. The van der Waals surface area contributed by atoms with Crippen molar-refractivity contribution >= 4 is 49.3 Å². The zero-order valence-corrected chi connectivity index (χ0v) is 25.0. The first-order chi connectivity index (χ1) is 17.5. The number of carboxylic acids is 1. The summed E-state index contributed by atoms with van der Waals surface area (Å²) in [6, 6.07) is 9.23. The molecule has 2 aromatic rings. The van der Waals surface area contributed by atoms with Crippen molar-refractivity contribution in [2.24, 2.45) is 0 Å². The predicted molar refractivity (Wildman–Crippen MR) is 152 cm³/mol. The SMILES string of the molecule is CC(=O)NCC(NC(=O)c1c(Cl)cc(CCC(O)c2cccc(O[Si](C)(C)C(C)(C)C)c2)cc1Cl)C(=O)O. The number of aliphatic hydroxyl groups excluding tert-OH is 1. The van der Waals surface area contributed by atoms with Gasteiger partial charge in [-0.15, -0.1) is 0 Å². The molecule has 208 valence electrons. The monoisotopic (exact) mass is 582 g/mol. The van der Waals surface area contributed by atoms with Crippen molar-refractivity contribution in [3.63, 3.8) is 0 Å². The molecule has 2 atom stereocenters. The summed E-state index contributed by atoms with van der Waals surface area (Å²) in [5.74, 6) is -1.79. The summed E-state index contributed by atoms with van der Waals surface area (Å²) in [6.45, 7) is 11.8. The zero-order valence-electron chi connectivity index (χ0n) is 22.5. The van der Waals surface area contributed by atoms with E-state index in [1.807, 2.05) is 24.3 Å². The van der Waals surface area contributed by atoms with Gasteiger partial charge in [0.15, 0.2) is 0 Å². The average molecular weight is 584 g/mol. The van der Waals surface area contributed by atoms with Crippen LogP contribution in [0, 0.1) is 0 Å². The largest absolute Gasteiger partial charge is 0.543 e. The molecule has 0 spiro atoms. The van der Waals surface area contributed by atoms with E-state index in [0.29, 0.717) is 18.4 Å². The van der Waals surface area contributed by atoms with E-state index >= 15 is 0 Å². The first-order valence-corrected chi connectivity index (χ1v) is 15.9. The summed E-state index contributed by atoms with van der Waals surface area (Å²) in [4.78, 5) is 35.2. The van der Waals surface area contributed by atoms with Gasteiger partial charge in [-0.25, -0.2) is 4.79 Å². The number of halogens is 2. The van der Waals surface area contributed by atoms with Gasteiger partial charge >= 0.3 is 5.97 Å². The highest BCUT2D eigenvalue weighted by Crippen LogP contribution is 2.38. The Balaban J connectivity index is 2.10. The van der Waals surface area contributed by atoms with Crippen LogP contribution in [0.1, 0.15) is 61.7 Å². The van der Waals surface area contributed by atoms with Crippen LogP contribution in [0.4, 0.5) is 0 Å². The van der Waals surface area contributed by atoms with Crippen LogP contribution in [-0.4, -0.2) is 48.9 Å². The Hall–Kier alpha value is -2.59. The number of carbonyl (C=O) groups excluding carboxylic acids is 2. The number of aliphatic carboxylic acids is 1. The number of carboxylic acid groups (broad SMARTS) is 1. The molecule has 0 aliphatic heterocycles. The molecule has 0 fully saturated rings. The molecule has 38 heavy (non-hydrogen) atoms. The van der Waals surface area contributed by atoms with Crippen LogP contribution < -0.4 is 15.1 Å². The number of rotatable bonds is 11. The number of carbonyl (C=O) groups is 3. The molecule has 0 aromatic heterocycles. The van der Waals surface area contributed by atoms with Crippen molar-refractivity contribution in [2.75, 3.05) is 6.54 Å². The molecule has 0 saturated heterocycles. The average Bonchev–Trinajstić information content (AvgIpc) is 2.78. The third-order valence-corrected chi connectivity index (χ3v) is 11.6. The van der Waals surface area contributed by atoms with Gasteiger partial charge in [0.2, 0.25) is 14.2 Å². The number of aryl methyl sites for hydroxylation is 1. The number of aliphatic hydroxyl groups is 1. The van der Waals surface area contributed by atoms with Crippen LogP contribution in [0.3, 0.4) is 0 Å². The lowest BCUT2D eigenvalue weighted by Crippen LogP contribution is -2.48. The third-order valence-electron chi connectivity index (χ3n) is 6.62. The van der Waals surface area contributed by atoms with Gasteiger partial charge in [0.05, 0.1) is 21.7 Å². The van der Waals surface area contributed by atoms with Crippen molar-refractivity contribution < 1.29 is 29.0 Å². The van der Waals surface area contributed by atoms with Crippen molar-refractivity contribution in [1.82, 2.24) is 10.6 Å². The molecule has 0 aliphatic rings. The summed E-state index contributed by atoms with van der Waals surface area (Å²) in [5, 5.41) is 25.0. The Morgan fingerprint density at radius 1 is 1.08 bits per heavy atom. The van der Waals surface area contributed by atoms with Gasteiger partial charge < -0.3 is 25.3 Å². The Morgan fingerprint density at radius 2 is 1.68 bits per heavy atom. The highest BCUT2D eigenvalue weighted by Gasteiger charge is 2.39. The van der Waals surface area contributed by atoms with E-state index in [-0.39, 0.29) is 27.2 Å². The van der Waals surface area contributed by atoms with Crippen molar-refractivity contribution in [3.8, 4) is 5.75 Å². The summed E-state index contributed by atoms with van der Waals surface area (Å²) in [5.41, 5.74) is 1.37. The molecule has 0 radical (unpaired) electrons. The van der Waals surface area contributed by atoms with E-state index in [9.17, 15) is 24.6 Å². The number of hydrogen-bond donors (Lipinski definition) is 4. The smallest absolute Gasteiger partial charge is 0.328 e. The minimum atomic E-state index is -2.02. The Bertz CT molecular complexity index is 1160. The first kappa shape index (κ1) is 31.6. The molecule has 0 aliphatic carbocycles. The fraction of sp³-hybridized carbons (Fsp3) is 0.444. The normalized spacial score (nSPS) is 13.4. The molecule has 0 bridgehead atoms. The second-order valence-electron chi connectivity index (χ2n) is 10.7. The molecule has 2 rings (SSSR count). The summed E-state index contributed by atoms with van der Waals surface area (Å²) < 4.78 is 6.35. The van der Waals surface area contributed by atoms with E-state index in [4.69, 9.17) is 27.6 Å². The van der Waals surface area contributed by atoms with Gasteiger partial charge in [-0.2, -0.15) is 0 Å². The Morgan fingerprint density at radius 3 is 2.21 bits per heavy atom. The van der Waals surface area contributed by atoms with Crippen LogP contribution in [0.5, 0.6) is 5.75 Å². The van der Waals surface area contributed by atoms with Gasteiger partial charge in [0, 0.05) is 13.5 Å². The quantitative estimate of drug-likeness (QED) is 0.264. The fourth-order valence-electron chi connectivity index (χ4n) is 3.37. The third kappa shape index (κ3) is 8.73. The number of amides is 2. The lowest BCUT2D eigenvalue weighted by Gasteiger charge is -2.36. The number of benzene rings is 2. The van der Waals surface area contributed by atoms with Crippen molar-refractivity contribution in [1.29, 1.82) is 0 Å². The fourth-order valence-corrected chi connectivity index (χ4v) is 5.09. The van der Waals surface area contributed by atoms with Gasteiger partial charge in [0.25, 0.3) is 5.91 Å². The van der Waals surface area contributed by atoms with Crippen molar-refractivity contribution in [2.45, 2.75) is 70.8 Å². The maximum Gasteiger partial charge on any atom is 0.328 e. The Kier molecular flexibility index (Phi) is 10.8. The highest BCUT2D eigenvalue weighted by molar-refractivity contribution is 6.74. The van der Waals surface area contributed by atoms with Gasteiger partial charge in [-0.1, -0.05) is 56.1 Å². The van der Waals surface area contributed by atoms with Gasteiger partial charge in [0.1, 0.15) is 11.8 Å². The van der Waals surface area contributed by atoms with Crippen LogP contribution in [-0.2, 0) is 16.0 Å². The van der Waals surface area contributed by atoms with Crippen molar-refractivity contribution in [3.05, 3.63) is 63.1 Å². The molecule has 2 aromatic carbocycles. The first-order valence-electron chi connectivity index (χ1n) is 12.2. The number of nitrogens with one attached hydrogen (secondary N) is 2. The molecule has 8 nitrogen and oxygen atoms in total. The summed E-state index contributed by atoms with van der Waals surface area (Å²) >= 11 is 12.7. The molecular weight excluding hydrogens is 547 g/mol. The van der Waals surface area contributed by atoms with Crippen LogP contribution in [0.15, 0.2) is 36.4 Å². The maximum atomic E-state index is 12.7. The molecular formula is C27H36Cl2N2O6Si. The lowest BCUT2D eigenvalue weighted by atomic mass is 10.00. The standard InChI is InChI=1S/C27H36Cl2N2O6Si/c1-16(32)30-15-22(26(35)36)31-25(34)24-20(28)12-17(13-21(24)29)10-11-23(33)18-8-7-9-19(14-18)37-38(5,6)27(2,3)4/h7-9,12-14,22-23,33H,10-11,15H2,1-6H3,(H,30,32)(H,31,34)(H,35,36). The van der Waals surface area contributed by atoms with E-state index in [1.54, 1.807) is 12.1 Å². The van der Waals surface area contributed by atoms with Crippen LogP contribution in [0.25, 0.3) is 0 Å². The predicted octanol–water partition coefficient (Wildman–Crippen LogP) is 5.36. The van der Waals surface area contributed by atoms with Gasteiger partial charge in [-0.3, -0.25) is 9.59 Å². The molecule has 4 N–H and O–H groups in total. The minimum Gasteiger partial charge on any atom is -0.543 e. The van der Waals surface area contributed by atoms with Gasteiger partial charge in [-0.05, 0) is 66.4 Å². The van der Waals surface area contributed by atoms with E-state index < -0.39 is 38.2 Å². The second-order valence-corrected chi connectivity index (χ2v) is 16.3. The summed E-state index contributed by atoms with van der Waals surface area (Å²) in [7, 11) is -2.02. The molecule has 2 amide bonds. The Labute approximate surface area is 234 Å². The van der Waals surface area contributed by atoms with E-state index in [2.05, 4.69) is 44.5 Å². The van der Waals surface area contributed by atoms with Crippen LogP contribution >= 0.6 is 23.2 Å². The minimum absolute atomic E-state index is 0.0448. The molecule has 0 heterocycles. The second kappa shape index (κ2) is 13.0.